The third-order valence-electron chi connectivity index (χ3n) is 5.10. The van der Waals surface area contributed by atoms with Crippen LogP contribution in [0.4, 0.5) is 30.6 Å². The molecular formula is C17H17F3N4O4S. The summed E-state index contributed by atoms with van der Waals surface area (Å²) in [4.78, 5) is 9.98. The number of anilines is 3. The molecule has 0 saturated carbocycles. The molecular weight excluding hydrogens is 413 g/mol. The minimum atomic E-state index is -5.78. The number of nitrogens with two attached hydrogens (primary N) is 1. The van der Waals surface area contributed by atoms with E-state index in [1.54, 1.807) is 24.1 Å². The molecule has 0 radical (unpaired) electrons. The SMILES string of the molecule is Cc1cnc(N)nc1N1C[C@]2(CCOC2)c2ccc(OS(=O)(=O)C(F)(F)F)cc21. The third kappa shape index (κ3) is 3.25. The quantitative estimate of drug-likeness (QED) is 0.584. The van der Waals surface area contributed by atoms with Crippen LogP contribution in [0.2, 0.25) is 0 Å². The second-order valence-electron chi connectivity index (χ2n) is 7.07. The number of ether oxygens (including phenoxy) is 1. The van der Waals surface area contributed by atoms with Crippen LogP contribution in [0.5, 0.6) is 5.75 Å². The number of halogens is 3. The summed E-state index contributed by atoms with van der Waals surface area (Å²) in [6.45, 7) is 3.20. The molecule has 0 amide bonds. The zero-order chi connectivity index (χ0) is 21.0. The fourth-order valence-corrected chi connectivity index (χ4v) is 4.19. The Morgan fingerprint density at radius 1 is 1.34 bits per heavy atom. The average molecular weight is 430 g/mol. The number of benzene rings is 1. The number of nitrogens with zero attached hydrogens (tertiary/aromatic N) is 3. The first kappa shape index (κ1) is 19.7. The van der Waals surface area contributed by atoms with Crippen LogP contribution < -0.4 is 14.8 Å². The van der Waals surface area contributed by atoms with Crippen LogP contribution in [-0.4, -0.2) is 43.7 Å². The zero-order valence-corrected chi connectivity index (χ0v) is 16.0. The average Bonchev–Trinajstić information content (AvgIpc) is 3.22. The Morgan fingerprint density at radius 3 is 2.76 bits per heavy atom. The van der Waals surface area contributed by atoms with Gasteiger partial charge in [0.05, 0.1) is 12.3 Å². The van der Waals surface area contributed by atoms with Crippen LogP contribution in [0.25, 0.3) is 0 Å². The molecule has 0 unspecified atom stereocenters. The van der Waals surface area contributed by atoms with Gasteiger partial charge in [0.1, 0.15) is 11.6 Å². The molecule has 2 aliphatic heterocycles. The predicted octanol–water partition coefficient (Wildman–Crippen LogP) is 2.41. The molecule has 1 fully saturated rings. The molecule has 2 N–H and O–H groups in total. The van der Waals surface area contributed by atoms with Gasteiger partial charge in [0.15, 0.2) is 0 Å². The van der Waals surface area contributed by atoms with Crippen LogP contribution in [-0.2, 0) is 20.3 Å². The van der Waals surface area contributed by atoms with E-state index in [4.69, 9.17) is 10.5 Å². The van der Waals surface area contributed by atoms with E-state index in [0.29, 0.717) is 43.2 Å². The number of fused-ring (bicyclic) bond motifs is 2. The molecule has 3 heterocycles. The van der Waals surface area contributed by atoms with Gasteiger partial charge in [-0.15, -0.1) is 0 Å². The second-order valence-corrected chi connectivity index (χ2v) is 8.60. The molecule has 29 heavy (non-hydrogen) atoms. The highest BCUT2D eigenvalue weighted by molar-refractivity contribution is 7.88. The van der Waals surface area contributed by atoms with E-state index in [1.165, 1.54) is 12.1 Å². The Labute approximate surface area is 164 Å². The van der Waals surface area contributed by atoms with Gasteiger partial charge >= 0.3 is 15.6 Å². The summed E-state index contributed by atoms with van der Waals surface area (Å²) in [7, 11) is -5.78. The molecule has 2 aromatic rings. The van der Waals surface area contributed by atoms with Crippen LogP contribution in [0.15, 0.2) is 24.4 Å². The van der Waals surface area contributed by atoms with Gasteiger partial charge in [0.25, 0.3) is 0 Å². The van der Waals surface area contributed by atoms with Crippen LogP contribution in [0, 0.1) is 6.92 Å². The van der Waals surface area contributed by atoms with Crippen molar-refractivity contribution in [3.63, 3.8) is 0 Å². The Bertz CT molecular complexity index is 1070. The summed E-state index contributed by atoms with van der Waals surface area (Å²) in [5.41, 5.74) is 1.83. The third-order valence-corrected chi connectivity index (χ3v) is 6.08. The number of aromatic nitrogens is 2. The summed E-state index contributed by atoms with van der Waals surface area (Å²) in [6, 6.07) is 4.06. The van der Waals surface area contributed by atoms with Crippen molar-refractivity contribution in [1.82, 2.24) is 9.97 Å². The molecule has 0 aliphatic carbocycles. The first-order chi connectivity index (χ1) is 13.5. The van der Waals surface area contributed by atoms with Crippen LogP contribution in [0.1, 0.15) is 17.5 Å². The van der Waals surface area contributed by atoms with E-state index >= 15 is 0 Å². The van der Waals surface area contributed by atoms with Gasteiger partial charge in [-0.1, -0.05) is 6.07 Å². The van der Waals surface area contributed by atoms with Gasteiger partial charge in [-0.2, -0.15) is 26.6 Å². The van der Waals surface area contributed by atoms with E-state index < -0.39 is 21.4 Å². The maximum atomic E-state index is 12.7. The first-order valence-electron chi connectivity index (χ1n) is 8.62. The van der Waals surface area contributed by atoms with Crippen molar-refractivity contribution in [2.45, 2.75) is 24.3 Å². The highest BCUT2D eigenvalue weighted by Crippen LogP contribution is 2.50. The van der Waals surface area contributed by atoms with Crippen molar-refractivity contribution in [2.75, 3.05) is 30.4 Å². The molecule has 0 bridgehead atoms. The number of aryl methyl sites for hydroxylation is 1. The normalized spacial score (nSPS) is 21.6. The summed E-state index contributed by atoms with van der Waals surface area (Å²) >= 11 is 0. The van der Waals surface area contributed by atoms with Gasteiger partial charge in [0, 0.05) is 36.4 Å². The lowest BCUT2D eigenvalue weighted by Gasteiger charge is -2.24. The molecule has 8 nitrogen and oxygen atoms in total. The van der Waals surface area contributed by atoms with E-state index in [9.17, 15) is 21.6 Å². The van der Waals surface area contributed by atoms with Gasteiger partial charge in [-0.25, -0.2) is 4.98 Å². The largest absolute Gasteiger partial charge is 0.534 e. The molecule has 1 aromatic heterocycles. The van der Waals surface area contributed by atoms with E-state index in [1.807, 2.05) is 0 Å². The molecule has 2 aliphatic rings. The Hall–Kier alpha value is -2.60. The monoisotopic (exact) mass is 430 g/mol. The smallest absolute Gasteiger partial charge is 0.380 e. The predicted molar refractivity (Wildman–Crippen MR) is 97.3 cm³/mol. The van der Waals surface area contributed by atoms with Gasteiger partial charge in [0.2, 0.25) is 5.95 Å². The Balaban J connectivity index is 1.81. The molecule has 1 aromatic carbocycles. The second kappa shape index (κ2) is 6.46. The molecule has 4 rings (SSSR count). The Morgan fingerprint density at radius 2 is 2.10 bits per heavy atom. The van der Waals surface area contributed by atoms with E-state index in [0.717, 1.165) is 5.56 Å². The fraction of sp³-hybridized carbons (Fsp3) is 0.412. The molecule has 1 spiro atoms. The lowest BCUT2D eigenvalue weighted by atomic mass is 9.82. The zero-order valence-electron chi connectivity index (χ0n) is 15.2. The van der Waals surface area contributed by atoms with Gasteiger partial charge in [-0.05, 0) is 25.0 Å². The van der Waals surface area contributed by atoms with Crippen LogP contribution in [0.3, 0.4) is 0 Å². The number of nitrogen functional groups attached to an aromatic ring is 1. The number of alkyl halides is 3. The molecule has 1 atom stereocenters. The van der Waals surface area contributed by atoms with Crippen molar-refractivity contribution in [3.8, 4) is 5.75 Å². The maximum absolute atomic E-state index is 12.7. The van der Waals surface area contributed by atoms with Crippen molar-refractivity contribution in [2.24, 2.45) is 0 Å². The van der Waals surface area contributed by atoms with E-state index in [2.05, 4.69) is 14.2 Å². The summed E-state index contributed by atoms with van der Waals surface area (Å²) in [5.74, 6) is 0.0860. The summed E-state index contributed by atoms with van der Waals surface area (Å²) in [5, 5.41) is 0. The molecule has 1 saturated heterocycles. The van der Waals surface area contributed by atoms with Crippen molar-refractivity contribution in [3.05, 3.63) is 35.5 Å². The number of rotatable bonds is 3. The minimum Gasteiger partial charge on any atom is -0.380 e. The number of hydrogen-bond acceptors (Lipinski definition) is 8. The highest BCUT2D eigenvalue weighted by Gasteiger charge is 2.50. The molecule has 12 heteroatoms. The van der Waals surface area contributed by atoms with Gasteiger partial charge < -0.3 is 19.6 Å². The molecule has 156 valence electrons. The lowest BCUT2D eigenvalue weighted by Crippen LogP contribution is -2.32. The number of hydrogen-bond donors (Lipinski definition) is 1. The van der Waals surface area contributed by atoms with Crippen molar-refractivity contribution in [1.29, 1.82) is 0 Å². The minimum absolute atomic E-state index is 0.0443. The fourth-order valence-electron chi connectivity index (χ4n) is 3.73. The highest BCUT2D eigenvalue weighted by atomic mass is 32.2. The lowest BCUT2D eigenvalue weighted by molar-refractivity contribution is -0.0500. The van der Waals surface area contributed by atoms with Crippen molar-refractivity contribution < 1.29 is 30.5 Å². The Kier molecular flexibility index (Phi) is 4.39. The standard InChI is InChI=1S/C17H17F3N4O4S/c1-10-7-22-15(21)23-14(10)24-8-16(4-5-27-9-16)12-3-2-11(6-13(12)24)28-29(25,26)17(18,19)20/h2-3,6-7H,4-5,8-9H2,1H3,(H2,21,22,23)/t16-/m0/s1. The van der Waals surface area contributed by atoms with Crippen molar-refractivity contribution >= 4 is 27.6 Å². The van der Waals surface area contributed by atoms with Gasteiger partial charge in [-0.3, -0.25) is 0 Å². The maximum Gasteiger partial charge on any atom is 0.534 e. The van der Waals surface area contributed by atoms with E-state index in [-0.39, 0.29) is 11.4 Å². The summed E-state index contributed by atoms with van der Waals surface area (Å²) < 4.78 is 70.8. The topological polar surface area (TPSA) is 108 Å². The first-order valence-corrected chi connectivity index (χ1v) is 10.0. The van der Waals surface area contributed by atoms with Crippen LogP contribution >= 0.6 is 0 Å². The summed E-state index contributed by atoms with van der Waals surface area (Å²) in [6.07, 6.45) is 2.25.